The number of likely N-dealkylation sites (N-methyl/N-ethyl adjacent to an activating group) is 1. The molecule has 13 heavy (non-hydrogen) atoms. The molecule has 0 spiro atoms. The average molecular weight is 182 g/mol. The van der Waals surface area contributed by atoms with Crippen molar-refractivity contribution in [1.82, 2.24) is 4.90 Å². The van der Waals surface area contributed by atoms with Gasteiger partial charge in [0.2, 0.25) is 0 Å². The second kappa shape index (κ2) is 3.58. The highest BCUT2D eigenvalue weighted by Crippen LogP contribution is 2.33. The van der Waals surface area contributed by atoms with Crippen LogP contribution in [0.1, 0.15) is 39.0 Å². The Labute approximate surface area is 81.5 Å². The van der Waals surface area contributed by atoms with Gasteiger partial charge in [-0.3, -0.25) is 0 Å². The Bertz CT molecular complexity index is 171. The van der Waals surface area contributed by atoms with E-state index in [0.29, 0.717) is 0 Å². The molecule has 0 unspecified atom stereocenters. The fourth-order valence-corrected chi connectivity index (χ4v) is 2.21. The lowest BCUT2D eigenvalue weighted by Gasteiger charge is -2.41. The van der Waals surface area contributed by atoms with Gasteiger partial charge in [-0.2, -0.15) is 0 Å². The molecule has 0 atom stereocenters. The molecule has 0 saturated heterocycles. The van der Waals surface area contributed by atoms with Crippen LogP contribution in [0.3, 0.4) is 0 Å². The van der Waals surface area contributed by atoms with Crippen LogP contribution in [0, 0.1) is 5.92 Å². The van der Waals surface area contributed by atoms with E-state index in [4.69, 9.17) is 5.73 Å². The van der Waals surface area contributed by atoms with Crippen LogP contribution in [0.15, 0.2) is 0 Å². The van der Waals surface area contributed by atoms with Crippen molar-refractivity contribution in [3.8, 4) is 0 Å². The molecule has 76 valence electrons. The van der Waals surface area contributed by atoms with Crippen molar-refractivity contribution in [3.05, 3.63) is 0 Å². The van der Waals surface area contributed by atoms with Crippen molar-refractivity contribution in [2.75, 3.05) is 19.6 Å². The first-order chi connectivity index (χ1) is 6.22. The van der Waals surface area contributed by atoms with Crippen molar-refractivity contribution in [3.63, 3.8) is 0 Å². The second-order valence-corrected chi connectivity index (χ2v) is 4.99. The van der Waals surface area contributed by atoms with Gasteiger partial charge in [0.05, 0.1) is 0 Å². The van der Waals surface area contributed by atoms with E-state index in [0.717, 1.165) is 12.5 Å². The quantitative estimate of drug-likeness (QED) is 0.700. The molecule has 2 fully saturated rings. The lowest BCUT2D eigenvalue weighted by Crippen LogP contribution is -2.55. The summed E-state index contributed by atoms with van der Waals surface area (Å²) in [6, 6.07) is 0. The number of hydrogen-bond donors (Lipinski definition) is 1. The Morgan fingerprint density at radius 2 is 2.08 bits per heavy atom. The minimum atomic E-state index is 0.185. The van der Waals surface area contributed by atoms with Crippen molar-refractivity contribution in [2.45, 2.75) is 44.6 Å². The smallest absolute Gasteiger partial charge is 0.0283 e. The lowest BCUT2D eigenvalue weighted by atomic mass is 9.77. The molecule has 0 aromatic carbocycles. The standard InChI is InChI=1S/C11H22N2/c1-2-13(8-10-4-5-10)9-11(12)6-3-7-11/h10H,2-9,12H2,1H3. The molecule has 2 heteroatoms. The van der Waals surface area contributed by atoms with E-state index in [1.54, 1.807) is 0 Å². The summed E-state index contributed by atoms with van der Waals surface area (Å²) in [5.41, 5.74) is 6.42. The van der Waals surface area contributed by atoms with Gasteiger partial charge in [-0.1, -0.05) is 6.92 Å². The highest BCUT2D eigenvalue weighted by molar-refractivity contribution is 4.95. The minimum Gasteiger partial charge on any atom is -0.324 e. The van der Waals surface area contributed by atoms with Gasteiger partial charge >= 0.3 is 0 Å². The Balaban J connectivity index is 1.75. The molecule has 2 saturated carbocycles. The SMILES string of the molecule is CCN(CC1CC1)CC1(N)CCC1. The fourth-order valence-electron chi connectivity index (χ4n) is 2.21. The van der Waals surface area contributed by atoms with E-state index < -0.39 is 0 Å². The molecule has 2 nitrogen and oxygen atoms in total. The van der Waals surface area contributed by atoms with Crippen LogP contribution in [0.4, 0.5) is 0 Å². The van der Waals surface area contributed by atoms with Gasteiger partial charge in [0.1, 0.15) is 0 Å². The van der Waals surface area contributed by atoms with Gasteiger partial charge in [-0.25, -0.2) is 0 Å². The lowest BCUT2D eigenvalue weighted by molar-refractivity contribution is 0.145. The van der Waals surface area contributed by atoms with E-state index in [-0.39, 0.29) is 5.54 Å². The first kappa shape index (κ1) is 9.47. The van der Waals surface area contributed by atoms with E-state index in [1.807, 2.05) is 0 Å². The van der Waals surface area contributed by atoms with Gasteiger partial charge in [-0.15, -0.1) is 0 Å². The zero-order chi connectivity index (χ0) is 9.31. The van der Waals surface area contributed by atoms with E-state index in [1.165, 1.54) is 45.2 Å². The maximum Gasteiger partial charge on any atom is 0.0283 e. The maximum absolute atomic E-state index is 6.23. The fraction of sp³-hybridized carbons (Fsp3) is 1.00. The van der Waals surface area contributed by atoms with Crippen LogP contribution in [-0.2, 0) is 0 Å². The predicted octanol–water partition coefficient (Wildman–Crippen LogP) is 1.60. The Kier molecular flexibility index (Phi) is 2.61. The maximum atomic E-state index is 6.23. The third-order valence-corrected chi connectivity index (χ3v) is 3.55. The molecule has 0 amide bonds. The molecule has 0 aromatic heterocycles. The van der Waals surface area contributed by atoms with E-state index >= 15 is 0 Å². The Hall–Kier alpha value is -0.0800. The van der Waals surface area contributed by atoms with Crippen LogP contribution in [0.2, 0.25) is 0 Å². The molecular weight excluding hydrogens is 160 g/mol. The highest BCUT2D eigenvalue weighted by Gasteiger charge is 2.35. The molecule has 0 aliphatic heterocycles. The zero-order valence-corrected chi connectivity index (χ0v) is 8.76. The summed E-state index contributed by atoms with van der Waals surface area (Å²) in [4.78, 5) is 2.55. The van der Waals surface area contributed by atoms with Gasteiger partial charge < -0.3 is 10.6 Å². The highest BCUT2D eigenvalue weighted by atomic mass is 15.1. The van der Waals surface area contributed by atoms with Crippen molar-refractivity contribution in [2.24, 2.45) is 11.7 Å². The van der Waals surface area contributed by atoms with Crippen molar-refractivity contribution in [1.29, 1.82) is 0 Å². The summed E-state index contributed by atoms with van der Waals surface area (Å²) in [6.45, 7) is 5.87. The molecule has 0 radical (unpaired) electrons. The molecule has 2 aliphatic carbocycles. The van der Waals surface area contributed by atoms with Crippen LogP contribution in [-0.4, -0.2) is 30.1 Å². The molecule has 0 bridgehead atoms. The van der Waals surface area contributed by atoms with E-state index in [9.17, 15) is 0 Å². The minimum absolute atomic E-state index is 0.185. The second-order valence-electron chi connectivity index (χ2n) is 4.99. The molecular formula is C11H22N2. The van der Waals surface area contributed by atoms with Gasteiger partial charge in [0.15, 0.2) is 0 Å². The average Bonchev–Trinajstić information content (AvgIpc) is 2.84. The summed E-state index contributed by atoms with van der Waals surface area (Å²) in [5, 5.41) is 0. The van der Waals surface area contributed by atoms with Crippen LogP contribution in [0.25, 0.3) is 0 Å². The number of nitrogens with two attached hydrogens (primary N) is 1. The largest absolute Gasteiger partial charge is 0.324 e. The Morgan fingerprint density at radius 3 is 2.46 bits per heavy atom. The predicted molar refractivity (Wildman–Crippen MR) is 55.6 cm³/mol. The summed E-state index contributed by atoms with van der Waals surface area (Å²) >= 11 is 0. The zero-order valence-electron chi connectivity index (χ0n) is 8.76. The third-order valence-electron chi connectivity index (χ3n) is 3.55. The third kappa shape index (κ3) is 2.44. The number of hydrogen-bond acceptors (Lipinski definition) is 2. The van der Waals surface area contributed by atoms with E-state index in [2.05, 4.69) is 11.8 Å². The summed E-state index contributed by atoms with van der Waals surface area (Å²) in [6.07, 6.45) is 6.74. The number of rotatable bonds is 5. The van der Waals surface area contributed by atoms with Crippen LogP contribution < -0.4 is 5.73 Å². The topological polar surface area (TPSA) is 29.3 Å². The molecule has 2 aliphatic rings. The van der Waals surface area contributed by atoms with Crippen molar-refractivity contribution >= 4 is 0 Å². The normalized spacial score (nSPS) is 26.1. The van der Waals surface area contributed by atoms with Gasteiger partial charge in [-0.05, 0) is 44.6 Å². The first-order valence-corrected chi connectivity index (χ1v) is 5.73. The summed E-state index contributed by atoms with van der Waals surface area (Å²) < 4.78 is 0. The first-order valence-electron chi connectivity index (χ1n) is 5.73. The van der Waals surface area contributed by atoms with Crippen molar-refractivity contribution < 1.29 is 0 Å². The molecule has 2 N–H and O–H groups in total. The molecule has 0 aromatic rings. The van der Waals surface area contributed by atoms with Crippen LogP contribution >= 0.6 is 0 Å². The monoisotopic (exact) mass is 182 g/mol. The van der Waals surface area contributed by atoms with Gasteiger partial charge in [0.25, 0.3) is 0 Å². The molecule has 0 heterocycles. The van der Waals surface area contributed by atoms with Gasteiger partial charge in [0, 0.05) is 18.6 Å². The molecule has 2 rings (SSSR count). The number of nitrogens with zero attached hydrogens (tertiary/aromatic N) is 1. The van der Waals surface area contributed by atoms with Crippen LogP contribution in [0.5, 0.6) is 0 Å². The summed E-state index contributed by atoms with van der Waals surface area (Å²) in [5.74, 6) is 1.00. The summed E-state index contributed by atoms with van der Waals surface area (Å²) in [7, 11) is 0. The Morgan fingerprint density at radius 1 is 1.38 bits per heavy atom.